The van der Waals surface area contributed by atoms with Crippen molar-refractivity contribution in [2.24, 2.45) is 11.8 Å². The number of carboxylic acids is 1. The fourth-order valence-corrected chi connectivity index (χ4v) is 3.85. The van der Waals surface area contributed by atoms with E-state index in [1.807, 2.05) is 12.1 Å². The van der Waals surface area contributed by atoms with Gasteiger partial charge in [-0.3, -0.25) is 4.79 Å². The Morgan fingerprint density at radius 3 is 2.50 bits per heavy atom. The number of carbonyl (C=O) groups excluding carboxylic acids is 2. The van der Waals surface area contributed by atoms with E-state index in [0.717, 1.165) is 37.8 Å². The molecule has 0 radical (unpaired) electrons. The number of nitrogens with one attached hydrogen (secondary N) is 1. The van der Waals surface area contributed by atoms with Gasteiger partial charge in [0.05, 0.1) is 0 Å². The summed E-state index contributed by atoms with van der Waals surface area (Å²) in [6.45, 7) is 0. The van der Waals surface area contributed by atoms with E-state index < -0.39 is 17.8 Å². The summed E-state index contributed by atoms with van der Waals surface area (Å²) in [7, 11) is 0. The van der Waals surface area contributed by atoms with Crippen molar-refractivity contribution in [3.8, 4) is 0 Å². The monoisotopic (exact) mass is 300 g/mol. The highest BCUT2D eigenvalue weighted by Crippen LogP contribution is 2.32. The molecule has 22 heavy (non-hydrogen) atoms. The van der Waals surface area contributed by atoms with Gasteiger partial charge < -0.3 is 15.2 Å². The molecular weight excluding hydrogens is 278 g/mol. The summed E-state index contributed by atoms with van der Waals surface area (Å²) in [6, 6.07) is 6.02. The van der Waals surface area contributed by atoms with Gasteiger partial charge >= 0.3 is 0 Å². The van der Waals surface area contributed by atoms with Crippen LogP contribution in [0.4, 0.5) is 5.69 Å². The normalized spacial score (nSPS) is 24.4. The largest absolute Gasteiger partial charge is 0.550 e. The lowest BCUT2D eigenvalue weighted by Crippen LogP contribution is -2.42. The third-order valence-electron chi connectivity index (χ3n) is 5.06. The van der Waals surface area contributed by atoms with E-state index in [2.05, 4.69) is 11.4 Å². The van der Waals surface area contributed by atoms with E-state index in [1.165, 1.54) is 17.5 Å². The van der Waals surface area contributed by atoms with Crippen molar-refractivity contribution in [3.05, 3.63) is 29.3 Å². The molecule has 1 aromatic rings. The molecule has 0 heterocycles. The third-order valence-corrected chi connectivity index (χ3v) is 5.06. The van der Waals surface area contributed by atoms with Crippen molar-refractivity contribution in [1.29, 1.82) is 0 Å². The average Bonchev–Trinajstić information content (AvgIpc) is 2.55. The number of fused-ring (bicyclic) bond motifs is 1. The molecule has 0 aliphatic heterocycles. The average molecular weight is 300 g/mol. The van der Waals surface area contributed by atoms with Gasteiger partial charge in [-0.2, -0.15) is 0 Å². The number of carbonyl (C=O) groups is 2. The summed E-state index contributed by atoms with van der Waals surface area (Å²) in [5.41, 5.74) is 3.40. The molecule has 2 aliphatic carbocycles. The molecule has 1 fully saturated rings. The molecule has 0 aromatic heterocycles. The summed E-state index contributed by atoms with van der Waals surface area (Å²) in [4.78, 5) is 23.8. The van der Waals surface area contributed by atoms with Crippen molar-refractivity contribution < 1.29 is 14.7 Å². The molecule has 2 atom stereocenters. The minimum absolute atomic E-state index is 0.159. The second kappa shape index (κ2) is 6.51. The topological polar surface area (TPSA) is 69.2 Å². The fraction of sp³-hybridized carbons (Fsp3) is 0.556. The Kier molecular flexibility index (Phi) is 4.46. The van der Waals surface area contributed by atoms with E-state index >= 15 is 0 Å². The van der Waals surface area contributed by atoms with E-state index in [9.17, 15) is 14.7 Å². The predicted octanol–water partition coefficient (Wildman–Crippen LogP) is 2.06. The first kappa shape index (κ1) is 15.1. The minimum Gasteiger partial charge on any atom is -0.550 e. The molecule has 2 aliphatic rings. The smallest absolute Gasteiger partial charge is 0.228 e. The molecule has 118 valence electrons. The number of amides is 1. The number of carboxylic acid groups (broad SMARTS) is 1. The van der Waals surface area contributed by atoms with Crippen molar-refractivity contribution in [2.75, 3.05) is 5.32 Å². The first-order valence-corrected chi connectivity index (χ1v) is 8.29. The van der Waals surface area contributed by atoms with Crippen LogP contribution in [0, 0.1) is 11.8 Å². The molecule has 0 unspecified atom stereocenters. The maximum atomic E-state index is 12.6. The van der Waals surface area contributed by atoms with Gasteiger partial charge in [-0.05, 0) is 55.7 Å². The van der Waals surface area contributed by atoms with Crippen LogP contribution in [-0.4, -0.2) is 11.9 Å². The van der Waals surface area contributed by atoms with Crippen molar-refractivity contribution >= 4 is 17.6 Å². The van der Waals surface area contributed by atoms with Crippen LogP contribution in [-0.2, 0) is 22.4 Å². The second-order valence-electron chi connectivity index (χ2n) is 6.46. The molecule has 1 amide bonds. The van der Waals surface area contributed by atoms with Crippen LogP contribution >= 0.6 is 0 Å². The number of anilines is 1. The SMILES string of the molecule is O=C([O-])[C@@H]1CCCC[C@H]1C(=O)Nc1cccc2c1CCCC2. The minimum atomic E-state index is -1.09. The molecule has 4 heteroatoms. The lowest BCUT2D eigenvalue weighted by atomic mass is 9.78. The van der Waals surface area contributed by atoms with Gasteiger partial charge in [-0.25, -0.2) is 0 Å². The number of hydrogen-bond donors (Lipinski definition) is 1. The summed E-state index contributed by atoms with van der Waals surface area (Å²) in [6.07, 6.45) is 7.35. The van der Waals surface area contributed by atoms with E-state index in [4.69, 9.17) is 0 Å². The van der Waals surface area contributed by atoms with Crippen LogP contribution in [0.2, 0.25) is 0 Å². The zero-order chi connectivity index (χ0) is 15.5. The van der Waals surface area contributed by atoms with E-state index in [-0.39, 0.29) is 5.91 Å². The molecule has 1 aromatic carbocycles. The van der Waals surface area contributed by atoms with Crippen molar-refractivity contribution in [3.63, 3.8) is 0 Å². The van der Waals surface area contributed by atoms with Crippen LogP contribution in [0.25, 0.3) is 0 Å². The first-order chi connectivity index (χ1) is 10.7. The summed E-state index contributed by atoms with van der Waals surface area (Å²) in [5.74, 6) is -2.35. The Bertz CT molecular complexity index is 582. The summed E-state index contributed by atoms with van der Waals surface area (Å²) < 4.78 is 0. The maximum absolute atomic E-state index is 12.6. The van der Waals surface area contributed by atoms with Gasteiger partial charge in [0.1, 0.15) is 0 Å². The highest BCUT2D eigenvalue weighted by molar-refractivity contribution is 5.95. The van der Waals surface area contributed by atoms with Crippen LogP contribution in [0.1, 0.15) is 49.7 Å². The van der Waals surface area contributed by atoms with Gasteiger partial charge in [-0.1, -0.05) is 25.0 Å². The highest BCUT2D eigenvalue weighted by atomic mass is 16.4. The Morgan fingerprint density at radius 2 is 1.73 bits per heavy atom. The molecule has 3 rings (SSSR count). The van der Waals surface area contributed by atoms with Gasteiger partial charge in [-0.15, -0.1) is 0 Å². The standard InChI is InChI=1S/C18H23NO3/c20-17(14-9-3-4-10-15(14)18(21)22)19-16-11-5-7-12-6-1-2-8-13(12)16/h5,7,11,14-15H,1-4,6,8-10H2,(H,19,20)(H,21,22)/p-1/t14-,15-/m1/s1. The van der Waals surface area contributed by atoms with Gasteiger partial charge in [0, 0.05) is 23.5 Å². The van der Waals surface area contributed by atoms with Gasteiger partial charge in [0.2, 0.25) is 5.91 Å². The van der Waals surface area contributed by atoms with Gasteiger partial charge in [0.25, 0.3) is 0 Å². The van der Waals surface area contributed by atoms with E-state index in [1.54, 1.807) is 0 Å². The molecule has 1 N–H and O–H groups in total. The molecular formula is C18H22NO3-. The lowest BCUT2D eigenvalue weighted by Gasteiger charge is -2.31. The number of aryl methyl sites for hydroxylation is 1. The fourth-order valence-electron chi connectivity index (χ4n) is 3.85. The molecule has 0 saturated heterocycles. The number of aliphatic carboxylic acids is 1. The quantitative estimate of drug-likeness (QED) is 0.929. The number of rotatable bonds is 3. The highest BCUT2D eigenvalue weighted by Gasteiger charge is 2.32. The Morgan fingerprint density at radius 1 is 1.00 bits per heavy atom. The summed E-state index contributed by atoms with van der Waals surface area (Å²) >= 11 is 0. The van der Waals surface area contributed by atoms with Crippen LogP contribution < -0.4 is 10.4 Å². The van der Waals surface area contributed by atoms with Crippen molar-refractivity contribution in [1.82, 2.24) is 0 Å². The van der Waals surface area contributed by atoms with Crippen molar-refractivity contribution in [2.45, 2.75) is 51.4 Å². The van der Waals surface area contributed by atoms with E-state index in [0.29, 0.717) is 12.8 Å². The van der Waals surface area contributed by atoms with Gasteiger partial charge in [0.15, 0.2) is 0 Å². The van der Waals surface area contributed by atoms with Crippen LogP contribution in [0.15, 0.2) is 18.2 Å². The third kappa shape index (κ3) is 3.01. The van der Waals surface area contributed by atoms with Crippen LogP contribution in [0.3, 0.4) is 0 Å². The summed E-state index contributed by atoms with van der Waals surface area (Å²) in [5, 5.41) is 14.3. The Labute approximate surface area is 130 Å². The number of hydrogen-bond acceptors (Lipinski definition) is 3. The lowest BCUT2D eigenvalue weighted by molar-refractivity contribution is -0.313. The Hall–Kier alpha value is -1.84. The second-order valence-corrected chi connectivity index (χ2v) is 6.46. The molecule has 0 spiro atoms. The zero-order valence-electron chi connectivity index (χ0n) is 12.8. The number of benzene rings is 1. The first-order valence-electron chi connectivity index (χ1n) is 8.29. The van der Waals surface area contributed by atoms with Crippen LogP contribution in [0.5, 0.6) is 0 Å². The Balaban J connectivity index is 1.78. The molecule has 4 nitrogen and oxygen atoms in total. The maximum Gasteiger partial charge on any atom is 0.228 e. The zero-order valence-corrected chi connectivity index (χ0v) is 12.8. The molecule has 1 saturated carbocycles. The molecule has 0 bridgehead atoms. The predicted molar refractivity (Wildman–Crippen MR) is 82.2 cm³/mol.